The molecule has 136 valence electrons. The van der Waals surface area contributed by atoms with Gasteiger partial charge in [-0.05, 0) is 30.7 Å². The molecule has 0 radical (unpaired) electrons. The molecule has 1 aromatic carbocycles. The van der Waals surface area contributed by atoms with Crippen LogP contribution in [0.1, 0.15) is 45.0 Å². The predicted molar refractivity (Wildman–Crippen MR) is 99.1 cm³/mol. The van der Waals surface area contributed by atoms with E-state index in [1.165, 1.54) is 0 Å². The third-order valence-corrected chi connectivity index (χ3v) is 6.26. The van der Waals surface area contributed by atoms with E-state index in [2.05, 4.69) is 21.6 Å². The van der Waals surface area contributed by atoms with E-state index in [4.69, 9.17) is 0 Å². The Kier molecular flexibility index (Phi) is 5.56. The molecule has 25 heavy (non-hydrogen) atoms. The monoisotopic (exact) mass is 362 g/mol. The molecule has 0 bridgehead atoms. The molecule has 1 aromatic heterocycles. The van der Waals surface area contributed by atoms with Crippen LogP contribution in [0.3, 0.4) is 0 Å². The number of nitrogens with zero attached hydrogens (tertiary/aromatic N) is 2. The average molecular weight is 362 g/mol. The number of aromatic nitrogens is 2. The molecule has 2 aromatic rings. The summed E-state index contributed by atoms with van der Waals surface area (Å²) in [5, 5.41) is 0. The van der Waals surface area contributed by atoms with Crippen LogP contribution in [0.4, 0.5) is 0 Å². The second kappa shape index (κ2) is 7.68. The lowest BCUT2D eigenvalue weighted by Gasteiger charge is -2.31. The summed E-state index contributed by atoms with van der Waals surface area (Å²) in [5.74, 6) is 1.05. The summed E-state index contributed by atoms with van der Waals surface area (Å²) in [6.07, 6.45) is 4.38. The minimum atomic E-state index is -3.51. The normalized spacial score (nSPS) is 20.5. The highest BCUT2D eigenvalue weighted by atomic mass is 32.2. The molecule has 1 aliphatic rings. The van der Waals surface area contributed by atoms with Crippen molar-refractivity contribution in [3.05, 3.63) is 42.4 Å². The Morgan fingerprint density at radius 1 is 1.36 bits per heavy atom. The number of nitrogens with one attached hydrogen (secondary N) is 2. The lowest BCUT2D eigenvalue weighted by Crippen LogP contribution is -2.46. The minimum Gasteiger partial charge on any atom is -0.341 e. The molecule has 2 N–H and O–H groups in total. The topological polar surface area (TPSA) is 78.1 Å². The zero-order valence-electron chi connectivity index (χ0n) is 14.8. The highest BCUT2D eigenvalue weighted by molar-refractivity contribution is 7.87. The molecule has 1 fully saturated rings. The fourth-order valence-electron chi connectivity index (χ4n) is 3.23. The molecule has 0 spiro atoms. The highest BCUT2D eigenvalue weighted by Crippen LogP contribution is 2.23. The van der Waals surface area contributed by atoms with E-state index in [-0.39, 0.29) is 6.04 Å². The molecule has 0 aliphatic carbocycles. The fraction of sp³-hybridized carbons (Fsp3) is 0.500. The van der Waals surface area contributed by atoms with Gasteiger partial charge in [0.15, 0.2) is 0 Å². The summed E-state index contributed by atoms with van der Waals surface area (Å²) >= 11 is 0. The smallest absolute Gasteiger partial charge is 0.280 e. The quantitative estimate of drug-likeness (QED) is 0.829. The lowest BCUT2D eigenvalue weighted by molar-refractivity contribution is 0.276. The van der Waals surface area contributed by atoms with Crippen molar-refractivity contribution in [2.45, 2.75) is 39.2 Å². The van der Waals surface area contributed by atoms with Crippen LogP contribution in [0, 0.1) is 5.92 Å². The van der Waals surface area contributed by atoms with Gasteiger partial charge in [0.2, 0.25) is 0 Å². The number of rotatable bonds is 6. The van der Waals surface area contributed by atoms with Crippen molar-refractivity contribution < 1.29 is 8.42 Å². The number of hydrogen-bond donors (Lipinski definition) is 2. The average Bonchev–Trinajstić information content (AvgIpc) is 3.10. The number of imidazole rings is 1. The molecule has 7 heteroatoms. The van der Waals surface area contributed by atoms with Crippen LogP contribution in [0.5, 0.6) is 0 Å². The van der Waals surface area contributed by atoms with Gasteiger partial charge in [-0.15, -0.1) is 0 Å². The molecule has 1 saturated heterocycles. The van der Waals surface area contributed by atoms with E-state index in [0.717, 1.165) is 24.1 Å². The van der Waals surface area contributed by atoms with Crippen molar-refractivity contribution in [1.82, 2.24) is 19.0 Å². The lowest BCUT2D eigenvalue weighted by atomic mass is 10.0. The van der Waals surface area contributed by atoms with Crippen molar-refractivity contribution in [1.29, 1.82) is 0 Å². The van der Waals surface area contributed by atoms with Gasteiger partial charge in [-0.1, -0.05) is 44.2 Å². The van der Waals surface area contributed by atoms with Gasteiger partial charge in [0.05, 0.1) is 17.9 Å². The fourth-order valence-corrected chi connectivity index (χ4v) is 4.84. The molecule has 2 unspecified atom stereocenters. The van der Waals surface area contributed by atoms with Gasteiger partial charge in [0, 0.05) is 13.1 Å². The van der Waals surface area contributed by atoms with Gasteiger partial charge in [-0.2, -0.15) is 17.4 Å². The van der Waals surface area contributed by atoms with Crippen molar-refractivity contribution in [2.24, 2.45) is 5.92 Å². The SMILES string of the molecule is CCC(NS(=O)(=O)N1CCCC(C)C1)c1ncc(-c2ccccc2)[nH]1. The van der Waals surface area contributed by atoms with E-state index in [0.29, 0.717) is 31.3 Å². The van der Waals surface area contributed by atoms with E-state index in [1.807, 2.05) is 37.3 Å². The van der Waals surface area contributed by atoms with Crippen LogP contribution in [0.25, 0.3) is 11.3 Å². The second-order valence-electron chi connectivity index (χ2n) is 6.74. The van der Waals surface area contributed by atoms with Crippen LogP contribution >= 0.6 is 0 Å². The summed E-state index contributed by atoms with van der Waals surface area (Å²) in [6.45, 7) is 5.22. The van der Waals surface area contributed by atoms with E-state index < -0.39 is 10.2 Å². The first kappa shape index (κ1) is 18.1. The number of piperidine rings is 1. The van der Waals surface area contributed by atoms with Gasteiger partial charge < -0.3 is 4.98 Å². The molecular formula is C18H26N4O2S. The molecule has 3 rings (SSSR count). The Bertz CT molecular complexity index is 788. The van der Waals surface area contributed by atoms with Crippen LogP contribution in [0.15, 0.2) is 36.5 Å². The Morgan fingerprint density at radius 3 is 2.80 bits per heavy atom. The zero-order valence-corrected chi connectivity index (χ0v) is 15.6. The summed E-state index contributed by atoms with van der Waals surface area (Å²) in [4.78, 5) is 7.67. The molecule has 2 atom stereocenters. The maximum atomic E-state index is 12.7. The third kappa shape index (κ3) is 4.29. The summed E-state index contributed by atoms with van der Waals surface area (Å²) < 4.78 is 29.8. The van der Waals surface area contributed by atoms with Gasteiger partial charge in [-0.3, -0.25) is 0 Å². The number of H-pyrrole nitrogens is 1. The molecule has 1 aliphatic heterocycles. The number of hydrogen-bond acceptors (Lipinski definition) is 3. The summed E-state index contributed by atoms with van der Waals surface area (Å²) in [5.41, 5.74) is 1.92. The van der Waals surface area contributed by atoms with Crippen LogP contribution < -0.4 is 4.72 Å². The van der Waals surface area contributed by atoms with Crippen LogP contribution in [0.2, 0.25) is 0 Å². The Balaban J connectivity index is 1.75. The third-order valence-electron chi connectivity index (χ3n) is 4.67. The first-order valence-electron chi connectivity index (χ1n) is 8.87. The molecular weight excluding hydrogens is 336 g/mol. The van der Waals surface area contributed by atoms with Gasteiger partial charge in [0.25, 0.3) is 10.2 Å². The van der Waals surface area contributed by atoms with Gasteiger partial charge in [0.1, 0.15) is 5.82 Å². The predicted octanol–water partition coefficient (Wildman–Crippen LogP) is 3.09. The van der Waals surface area contributed by atoms with Crippen molar-refractivity contribution in [3.8, 4) is 11.3 Å². The molecule has 2 heterocycles. The first-order valence-corrected chi connectivity index (χ1v) is 10.3. The Labute approximate surface area is 149 Å². The molecule has 0 amide bonds. The van der Waals surface area contributed by atoms with Crippen molar-refractivity contribution >= 4 is 10.2 Å². The number of benzene rings is 1. The largest absolute Gasteiger partial charge is 0.341 e. The summed E-state index contributed by atoms with van der Waals surface area (Å²) in [6, 6.07) is 9.53. The van der Waals surface area contributed by atoms with Gasteiger partial charge in [-0.25, -0.2) is 4.98 Å². The standard InChI is InChI=1S/C18H26N4O2S/c1-3-16(21-25(23,24)22-11-7-8-14(2)13-22)18-19-12-17(20-18)15-9-5-4-6-10-15/h4-6,9-10,12,14,16,21H,3,7-8,11,13H2,1-2H3,(H,19,20). The second-order valence-corrected chi connectivity index (χ2v) is 8.44. The minimum absolute atomic E-state index is 0.361. The van der Waals surface area contributed by atoms with Crippen molar-refractivity contribution in [3.63, 3.8) is 0 Å². The number of aromatic amines is 1. The maximum absolute atomic E-state index is 12.7. The first-order chi connectivity index (χ1) is 12.0. The van der Waals surface area contributed by atoms with E-state index in [1.54, 1.807) is 10.5 Å². The molecule has 0 saturated carbocycles. The van der Waals surface area contributed by atoms with Crippen LogP contribution in [-0.2, 0) is 10.2 Å². The highest BCUT2D eigenvalue weighted by Gasteiger charge is 2.30. The Hall–Kier alpha value is -1.70. The van der Waals surface area contributed by atoms with E-state index in [9.17, 15) is 8.42 Å². The zero-order chi connectivity index (χ0) is 17.9. The van der Waals surface area contributed by atoms with Crippen molar-refractivity contribution in [2.75, 3.05) is 13.1 Å². The maximum Gasteiger partial charge on any atom is 0.280 e. The Morgan fingerprint density at radius 2 is 2.12 bits per heavy atom. The van der Waals surface area contributed by atoms with Gasteiger partial charge >= 0.3 is 0 Å². The molecule has 6 nitrogen and oxygen atoms in total. The summed E-state index contributed by atoms with van der Waals surface area (Å²) in [7, 11) is -3.51. The van der Waals surface area contributed by atoms with Crippen LogP contribution in [-0.4, -0.2) is 35.8 Å². The van der Waals surface area contributed by atoms with E-state index >= 15 is 0 Å².